The lowest BCUT2D eigenvalue weighted by atomic mass is 9.88. The molecule has 0 fully saturated rings. The summed E-state index contributed by atoms with van der Waals surface area (Å²) in [6.07, 6.45) is 3.11. The first-order valence-electron chi connectivity index (χ1n) is 7.40. The number of carbonyl (C=O) groups excluding carboxylic acids is 1. The normalized spacial score (nSPS) is 18.9. The van der Waals surface area contributed by atoms with Gasteiger partial charge in [0.15, 0.2) is 0 Å². The average molecular weight is 355 g/mol. The number of rotatable bonds is 6. The van der Waals surface area contributed by atoms with Gasteiger partial charge in [0.25, 0.3) is 0 Å². The van der Waals surface area contributed by atoms with Crippen LogP contribution in [-0.2, 0) is 22.4 Å². The van der Waals surface area contributed by atoms with Crippen molar-refractivity contribution >= 4 is 21.8 Å². The molecule has 0 bridgehead atoms. The Morgan fingerprint density at radius 2 is 2.29 bits per heavy atom. The predicted octanol–water partition coefficient (Wildman–Crippen LogP) is 2.05. The molecule has 21 heavy (non-hydrogen) atoms. The van der Waals surface area contributed by atoms with E-state index in [1.807, 2.05) is 6.92 Å². The minimum atomic E-state index is -0.177. The molecule has 1 aliphatic rings. The van der Waals surface area contributed by atoms with Crippen LogP contribution in [-0.4, -0.2) is 38.3 Å². The minimum absolute atomic E-state index is 0.0358. The molecule has 2 atom stereocenters. The number of methoxy groups -OCH3 is 1. The third kappa shape index (κ3) is 4.80. The fourth-order valence-electron chi connectivity index (χ4n) is 2.72. The van der Waals surface area contributed by atoms with Gasteiger partial charge in [0.2, 0.25) is 5.91 Å². The number of hydrogen-bond donors (Lipinski definition) is 2. The molecule has 1 aliphatic carbocycles. The summed E-state index contributed by atoms with van der Waals surface area (Å²) in [4.78, 5) is 11.9. The van der Waals surface area contributed by atoms with E-state index in [0.29, 0.717) is 19.2 Å². The maximum absolute atomic E-state index is 11.9. The van der Waals surface area contributed by atoms with Crippen LogP contribution in [0.15, 0.2) is 22.7 Å². The number of aryl methyl sites for hydroxylation is 1. The predicted molar refractivity (Wildman–Crippen MR) is 87.4 cm³/mol. The molecule has 2 rings (SSSR count). The lowest BCUT2D eigenvalue weighted by Gasteiger charge is -2.28. The Kier molecular flexibility index (Phi) is 6.21. The summed E-state index contributed by atoms with van der Waals surface area (Å²) in [5.74, 6) is 0.0358. The van der Waals surface area contributed by atoms with Crippen molar-refractivity contribution in [3.8, 4) is 0 Å². The minimum Gasteiger partial charge on any atom is -0.383 e. The van der Waals surface area contributed by atoms with Gasteiger partial charge in [-0.25, -0.2) is 0 Å². The molecule has 0 radical (unpaired) electrons. The van der Waals surface area contributed by atoms with Crippen molar-refractivity contribution in [3.05, 3.63) is 33.8 Å². The number of nitrogens with one attached hydrogen (secondary N) is 2. The molecule has 0 aliphatic heterocycles. The number of halogens is 1. The van der Waals surface area contributed by atoms with Crippen molar-refractivity contribution in [1.29, 1.82) is 0 Å². The first kappa shape index (κ1) is 16.5. The number of benzene rings is 1. The van der Waals surface area contributed by atoms with Crippen LogP contribution in [0.2, 0.25) is 0 Å². The zero-order chi connectivity index (χ0) is 15.2. The van der Waals surface area contributed by atoms with E-state index in [0.717, 1.165) is 23.7 Å². The Morgan fingerprint density at radius 3 is 3.05 bits per heavy atom. The van der Waals surface area contributed by atoms with Crippen molar-refractivity contribution in [2.75, 3.05) is 20.3 Å². The monoisotopic (exact) mass is 354 g/mol. The van der Waals surface area contributed by atoms with Crippen LogP contribution in [0.5, 0.6) is 0 Å². The second-order valence-electron chi connectivity index (χ2n) is 5.52. The Balaban J connectivity index is 1.84. The second-order valence-corrected chi connectivity index (χ2v) is 6.44. The van der Waals surface area contributed by atoms with Crippen LogP contribution in [0.3, 0.4) is 0 Å². The van der Waals surface area contributed by atoms with Crippen molar-refractivity contribution in [2.45, 2.75) is 38.3 Å². The summed E-state index contributed by atoms with van der Waals surface area (Å²) < 4.78 is 6.07. The van der Waals surface area contributed by atoms with E-state index < -0.39 is 0 Å². The molecule has 116 valence electrons. The molecular formula is C16H23BrN2O2. The molecule has 2 unspecified atom stereocenters. The lowest BCUT2D eigenvalue weighted by molar-refractivity contribution is -0.123. The summed E-state index contributed by atoms with van der Waals surface area (Å²) in [6, 6.07) is 6.65. The van der Waals surface area contributed by atoms with Gasteiger partial charge in [-0.2, -0.15) is 0 Å². The van der Waals surface area contributed by atoms with Gasteiger partial charge in [-0.1, -0.05) is 22.0 Å². The highest BCUT2D eigenvalue weighted by Gasteiger charge is 2.22. The highest BCUT2D eigenvalue weighted by Crippen LogP contribution is 2.24. The SMILES string of the molecule is COCCNC(=O)C(C)NC1CCc2cc(Br)ccc2C1. The first-order chi connectivity index (χ1) is 10.1. The van der Waals surface area contributed by atoms with Crippen molar-refractivity contribution in [3.63, 3.8) is 0 Å². The van der Waals surface area contributed by atoms with Crippen molar-refractivity contribution in [1.82, 2.24) is 10.6 Å². The molecule has 1 aromatic carbocycles. The third-order valence-electron chi connectivity index (χ3n) is 3.88. The van der Waals surface area contributed by atoms with Crippen LogP contribution < -0.4 is 10.6 Å². The molecule has 2 N–H and O–H groups in total. The van der Waals surface area contributed by atoms with Gasteiger partial charge in [0.1, 0.15) is 0 Å². The van der Waals surface area contributed by atoms with Crippen molar-refractivity contribution in [2.24, 2.45) is 0 Å². The van der Waals surface area contributed by atoms with Crippen LogP contribution in [0, 0.1) is 0 Å². The van der Waals surface area contributed by atoms with Gasteiger partial charge in [-0.05, 0) is 49.4 Å². The lowest BCUT2D eigenvalue weighted by Crippen LogP contribution is -2.48. The quantitative estimate of drug-likeness (QED) is 0.768. The molecule has 1 aromatic rings. The number of ether oxygens (including phenoxy) is 1. The van der Waals surface area contributed by atoms with Gasteiger partial charge in [-0.3, -0.25) is 4.79 Å². The zero-order valence-corrected chi connectivity index (χ0v) is 14.2. The van der Waals surface area contributed by atoms with E-state index in [1.54, 1.807) is 7.11 Å². The summed E-state index contributed by atoms with van der Waals surface area (Å²) in [5, 5.41) is 6.30. The highest BCUT2D eigenvalue weighted by atomic mass is 79.9. The molecule has 0 saturated carbocycles. The fraction of sp³-hybridized carbons (Fsp3) is 0.562. The first-order valence-corrected chi connectivity index (χ1v) is 8.19. The zero-order valence-electron chi connectivity index (χ0n) is 12.6. The second kappa shape index (κ2) is 7.92. The highest BCUT2D eigenvalue weighted by molar-refractivity contribution is 9.10. The van der Waals surface area contributed by atoms with Crippen molar-refractivity contribution < 1.29 is 9.53 Å². The van der Waals surface area contributed by atoms with Gasteiger partial charge in [0, 0.05) is 24.2 Å². The van der Waals surface area contributed by atoms with Gasteiger partial charge in [-0.15, -0.1) is 0 Å². The molecular weight excluding hydrogens is 332 g/mol. The van der Waals surface area contributed by atoms with E-state index in [9.17, 15) is 4.79 Å². The Morgan fingerprint density at radius 1 is 1.48 bits per heavy atom. The molecule has 5 heteroatoms. The topological polar surface area (TPSA) is 50.4 Å². The van der Waals surface area contributed by atoms with Gasteiger partial charge in [0.05, 0.1) is 12.6 Å². The molecule has 1 amide bonds. The van der Waals surface area contributed by atoms with E-state index in [1.165, 1.54) is 11.1 Å². The van der Waals surface area contributed by atoms with E-state index in [4.69, 9.17) is 4.74 Å². The maximum atomic E-state index is 11.9. The summed E-state index contributed by atoms with van der Waals surface area (Å²) in [5.41, 5.74) is 2.80. The molecule has 0 saturated heterocycles. The number of hydrogen-bond acceptors (Lipinski definition) is 3. The van der Waals surface area contributed by atoms with E-state index in [-0.39, 0.29) is 11.9 Å². The smallest absolute Gasteiger partial charge is 0.236 e. The van der Waals surface area contributed by atoms with Crippen LogP contribution in [0.1, 0.15) is 24.5 Å². The summed E-state index contributed by atoms with van der Waals surface area (Å²) >= 11 is 3.52. The number of fused-ring (bicyclic) bond motifs is 1. The fourth-order valence-corrected chi connectivity index (χ4v) is 3.13. The third-order valence-corrected chi connectivity index (χ3v) is 4.37. The van der Waals surface area contributed by atoms with Crippen LogP contribution >= 0.6 is 15.9 Å². The molecule has 0 heterocycles. The Labute approximate surface area is 134 Å². The Bertz CT molecular complexity index is 493. The molecule has 0 aromatic heterocycles. The van der Waals surface area contributed by atoms with Crippen LogP contribution in [0.25, 0.3) is 0 Å². The van der Waals surface area contributed by atoms with E-state index >= 15 is 0 Å². The number of amides is 1. The maximum Gasteiger partial charge on any atom is 0.236 e. The molecule has 4 nitrogen and oxygen atoms in total. The largest absolute Gasteiger partial charge is 0.383 e. The molecule has 0 spiro atoms. The van der Waals surface area contributed by atoms with Crippen LogP contribution in [0.4, 0.5) is 0 Å². The summed E-state index contributed by atoms with van der Waals surface area (Å²) in [6.45, 7) is 3.02. The Hall–Kier alpha value is -0.910. The van der Waals surface area contributed by atoms with Gasteiger partial charge >= 0.3 is 0 Å². The van der Waals surface area contributed by atoms with E-state index in [2.05, 4.69) is 44.8 Å². The summed E-state index contributed by atoms with van der Waals surface area (Å²) in [7, 11) is 1.63. The van der Waals surface area contributed by atoms with Gasteiger partial charge < -0.3 is 15.4 Å². The number of carbonyl (C=O) groups is 1. The standard InChI is InChI=1S/C16H23BrN2O2/c1-11(16(20)18-7-8-21-2)19-15-6-4-12-9-14(17)5-3-13(12)10-15/h3,5,9,11,15,19H,4,6-8,10H2,1-2H3,(H,18,20). The average Bonchev–Trinajstić information content (AvgIpc) is 2.47.